The van der Waals surface area contributed by atoms with Crippen molar-refractivity contribution in [3.63, 3.8) is 0 Å². The van der Waals surface area contributed by atoms with Gasteiger partial charge in [-0.05, 0) is 19.1 Å². The highest BCUT2D eigenvalue weighted by Crippen LogP contribution is 2.34. The summed E-state index contributed by atoms with van der Waals surface area (Å²) in [6.45, 7) is 2.00. The van der Waals surface area contributed by atoms with E-state index in [0.29, 0.717) is 22.5 Å². The minimum Gasteiger partial charge on any atom is -0.493 e. The third-order valence-electron chi connectivity index (χ3n) is 4.05. The maximum absolute atomic E-state index is 12.4. The first kappa shape index (κ1) is 17.0. The summed E-state index contributed by atoms with van der Waals surface area (Å²) in [5.74, 6) is 0.993. The van der Waals surface area contributed by atoms with Crippen LogP contribution in [0.3, 0.4) is 0 Å². The van der Waals surface area contributed by atoms with Crippen molar-refractivity contribution in [3.8, 4) is 17.2 Å². The predicted molar refractivity (Wildman–Crippen MR) is 92.0 cm³/mol. The van der Waals surface area contributed by atoms with Crippen LogP contribution in [-0.4, -0.2) is 40.0 Å². The normalized spacial score (nSPS) is 17.4. The Labute approximate surface area is 145 Å². The van der Waals surface area contributed by atoms with E-state index in [0.717, 1.165) is 10.8 Å². The molecule has 0 radical (unpaired) electrons. The zero-order valence-electron chi connectivity index (χ0n) is 14.6. The molecule has 1 aliphatic carbocycles. The van der Waals surface area contributed by atoms with Crippen molar-refractivity contribution in [1.82, 2.24) is 0 Å². The summed E-state index contributed by atoms with van der Waals surface area (Å²) >= 11 is 0. The number of rotatable bonds is 5. The zero-order valence-corrected chi connectivity index (χ0v) is 14.6. The fourth-order valence-electron chi connectivity index (χ4n) is 3.02. The molecule has 1 unspecified atom stereocenters. The van der Waals surface area contributed by atoms with Crippen LogP contribution in [0.2, 0.25) is 0 Å². The summed E-state index contributed by atoms with van der Waals surface area (Å²) in [5, 5.41) is 1.29. The molecule has 0 bridgehead atoms. The van der Waals surface area contributed by atoms with Gasteiger partial charge in [0.05, 0.1) is 27.9 Å². The third kappa shape index (κ3) is 2.73. The van der Waals surface area contributed by atoms with Crippen molar-refractivity contribution in [1.29, 1.82) is 0 Å². The lowest BCUT2D eigenvalue weighted by atomic mass is 9.96. The van der Waals surface area contributed by atoms with Crippen LogP contribution in [0.25, 0.3) is 11.3 Å². The molecular weight excluding hydrogens is 324 g/mol. The largest absolute Gasteiger partial charge is 0.493 e. The van der Waals surface area contributed by atoms with E-state index in [9.17, 15) is 4.79 Å². The summed E-state index contributed by atoms with van der Waals surface area (Å²) in [7, 11) is 4.62. The maximum Gasteiger partial charge on any atom is 0.374 e. The SMILES string of the molecule is CCOC(=O)C1=c2cc(OC)c(OC)c(OC)c2=C2C=CC=CC2O1. The molecule has 0 spiro atoms. The molecule has 3 rings (SSSR count). The lowest BCUT2D eigenvalue weighted by Gasteiger charge is -2.26. The van der Waals surface area contributed by atoms with E-state index in [1.807, 2.05) is 24.3 Å². The van der Waals surface area contributed by atoms with Crippen LogP contribution in [0.1, 0.15) is 6.92 Å². The van der Waals surface area contributed by atoms with E-state index in [-0.39, 0.29) is 12.4 Å². The second-order valence-electron chi connectivity index (χ2n) is 5.36. The molecule has 1 aromatic rings. The molecular formula is C19H20O6. The maximum atomic E-state index is 12.4. The average Bonchev–Trinajstić information content (AvgIpc) is 2.65. The van der Waals surface area contributed by atoms with Crippen LogP contribution >= 0.6 is 0 Å². The summed E-state index contributed by atoms with van der Waals surface area (Å²) in [5.41, 5.74) is 0.878. The van der Waals surface area contributed by atoms with Gasteiger partial charge in [0.1, 0.15) is 6.10 Å². The van der Waals surface area contributed by atoms with Crippen molar-refractivity contribution < 1.29 is 28.5 Å². The van der Waals surface area contributed by atoms with Crippen molar-refractivity contribution >= 4 is 17.3 Å². The van der Waals surface area contributed by atoms with Crippen LogP contribution in [0.5, 0.6) is 17.2 Å². The highest BCUT2D eigenvalue weighted by atomic mass is 16.6. The number of esters is 1. The molecule has 0 N–H and O–H groups in total. The number of methoxy groups -OCH3 is 3. The van der Waals surface area contributed by atoms with Crippen LogP contribution in [0.4, 0.5) is 0 Å². The van der Waals surface area contributed by atoms with E-state index < -0.39 is 12.1 Å². The fraction of sp³-hybridized carbons (Fsp3) is 0.316. The van der Waals surface area contributed by atoms with Crippen LogP contribution < -0.4 is 24.6 Å². The molecule has 1 heterocycles. The number of hydrogen-bond donors (Lipinski definition) is 0. The molecule has 2 aliphatic rings. The summed E-state index contributed by atoms with van der Waals surface area (Å²) < 4.78 is 27.6. The second kappa shape index (κ2) is 6.93. The number of ether oxygens (including phenoxy) is 5. The Kier molecular flexibility index (Phi) is 4.70. The van der Waals surface area contributed by atoms with Gasteiger partial charge in [-0.25, -0.2) is 4.79 Å². The number of allylic oxidation sites excluding steroid dienone is 2. The monoisotopic (exact) mass is 344 g/mol. The Balaban J connectivity index is 2.48. The molecule has 1 aromatic carbocycles. The average molecular weight is 344 g/mol. The smallest absolute Gasteiger partial charge is 0.374 e. The van der Waals surface area contributed by atoms with Gasteiger partial charge in [0.25, 0.3) is 0 Å². The standard InChI is InChI=1S/C19H20O6/c1-5-24-19(20)16-12-10-14(21-2)17(22-3)18(23-4)15(12)11-8-6-7-9-13(11)25-16/h6-10,13H,5H2,1-4H3. The molecule has 6 heteroatoms. The lowest BCUT2D eigenvalue weighted by Crippen LogP contribution is -2.42. The molecule has 0 saturated carbocycles. The Hall–Kier alpha value is -2.89. The first-order chi connectivity index (χ1) is 12.2. The van der Waals surface area contributed by atoms with Crippen molar-refractivity contribution in [3.05, 3.63) is 40.8 Å². The Morgan fingerprint density at radius 3 is 2.52 bits per heavy atom. The molecule has 1 atom stereocenters. The molecule has 25 heavy (non-hydrogen) atoms. The highest BCUT2D eigenvalue weighted by molar-refractivity contribution is 6.07. The van der Waals surface area contributed by atoms with E-state index in [2.05, 4.69) is 0 Å². The van der Waals surface area contributed by atoms with Crippen LogP contribution in [0.15, 0.2) is 30.4 Å². The minimum atomic E-state index is -0.528. The highest BCUT2D eigenvalue weighted by Gasteiger charge is 2.30. The zero-order chi connectivity index (χ0) is 18.0. The van der Waals surface area contributed by atoms with Gasteiger partial charge in [-0.3, -0.25) is 0 Å². The van der Waals surface area contributed by atoms with E-state index >= 15 is 0 Å². The lowest BCUT2D eigenvalue weighted by molar-refractivity contribution is -0.138. The van der Waals surface area contributed by atoms with Gasteiger partial charge in [-0.2, -0.15) is 0 Å². The van der Waals surface area contributed by atoms with E-state index in [1.165, 1.54) is 7.11 Å². The fourth-order valence-corrected chi connectivity index (χ4v) is 3.02. The van der Waals surface area contributed by atoms with Gasteiger partial charge in [0.2, 0.25) is 11.5 Å². The molecule has 0 fully saturated rings. The van der Waals surface area contributed by atoms with Crippen molar-refractivity contribution in [2.24, 2.45) is 0 Å². The number of carbonyl (C=O) groups excluding carboxylic acids is 1. The molecule has 6 nitrogen and oxygen atoms in total. The molecule has 132 valence electrons. The van der Waals surface area contributed by atoms with Gasteiger partial charge in [0.15, 0.2) is 11.5 Å². The van der Waals surface area contributed by atoms with Crippen molar-refractivity contribution in [2.75, 3.05) is 27.9 Å². The van der Waals surface area contributed by atoms with Gasteiger partial charge in [-0.15, -0.1) is 0 Å². The van der Waals surface area contributed by atoms with Crippen molar-refractivity contribution in [2.45, 2.75) is 13.0 Å². The molecule has 0 aromatic heterocycles. The Morgan fingerprint density at radius 1 is 1.12 bits per heavy atom. The van der Waals surface area contributed by atoms with Gasteiger partial charge in [0, 0.05) is 16.0 Å². The second-order valence-corrected chi connectivity index (χ2v) is 5.36. The number of carbonyl (C=O) groups is 1. The van der Waals surface area contributed by atoms with Gasteiger partial charge < -0.3 is 23.7 Å². The molecule has 0 amide bonds. The minimum absolute atomic E-state index is 0.129. The molecule has 1 aliphatic heterocycles. The van der Waals surface area contributed by atoms with Gasteiger partial charge in [-0.1, -0.05) is 18.2 Å². The van der Waals surface area contributed by atoms with Crippen LogP contribution in [-0.2, 0) is 14.3 Å². The number of fused-ring (bicyclic) bond motifs is 2. The first-order valence-electron chi connectivity index (χ1n) is 7.92. The van der Waals surface area contributed by atoms with Crippen LogP contribution in [0, 0.1) is 0 Å². The number of hydrogen-bond acceptors (Lipinski definition) is 6. The molecule has 0 saturated heterocycles. The Bertz CT molecular complexity index is 878. The van der Waals surface area contributed by atoms with E-state index in [4.69, 9.17) is 23.7 Å². The topological polar surface area (TPSA) is 63.2 Å². The summed E-state index contributed by atoms with van der Waals surface area (Å²) in [6, 6.07) is 1.71. The quantitative estimate of drug-likeness (QED) is 0.745. The van der Waals surface area contributed by atoms with E-state index in [1.54, 1.807) is 27.2 Å². The third-order valence-corrected chi connectivity index (χ3v) is 4.05. The number of benzene rings is 1. The first-order valence-corrected chi connectivity index (χ1v) is 7.92. The van der Waals surface area contributed by atoms with Gasteiger partial charge >= 0.3 is 5.97 Å². The summed E-state index contributed by atoms with van der Waals surface area (Å²) in [6.07, 6.45) is 7.18. The Morgan fingerprint density at radius 2 is 1.88 bits per heavy atom. The predicted octanol–water partition coefficient (Wildman–Crippen LogP) is 1.06. The summed E-state index contributed by atoms with van der Waals surface area (Å²) in [4.78, 5) is 12.4.